The third-order valence-electron chi connectivity index (χ3n) is 3.20. The molecule has 1 aromatic heterocycles. The lowest BCUT2D eigenvalue weighted by Gasteiger charge is -2.10. The van der Waals surface area contributed by atoms with E-state index in [9.17, 15) is 13.2 Å². The molecule has 120 valence electrons. The second kappa shape index (κ2) is 7.21. The number of hydrogen-bond acceptors (Lipinski definition) is 4. The number of nitrogens with zero attached hydrogens (tertiary/aromatic N) is 1. The number of rotatable bonds is 6. The number of halogens is 3. The molecule has 0 aliphatic heterocycles. The maximum absolute atomic E-state index is 12.5. The molecule has 0 fully saturated rings. The molecule has 2 N–H and O–H groups in total. The Morgan fingerprint density at radius 3 is 2.55 bits per heavy atom. The van der Waals surface area contributed by atoms with Gasteiger partial charge in [0.15, 0.2) is 0 Å². The van der Waals surface area contributed by atoms with Crippen molar-refractivity contribution in [3.63, 3.8) is 0 Å². The molecule has 0 amide bonds. The molecule has 0 aliphatic carbocycles. The van der Waals surface area contributed by atoms with Crippen molar-refractivity contribution in [2.45, 2.75) is 32.1 Å². The van der Waals surface area contributed by atoms with Gasteiger partial charge in [-0.1, -0.05) is 12.1 Å². The van der Waals surface area contributed by atoms with Crippen molar-refractivity contribution in [1.82, 2.24) is 10.3 Å². The monoisotopic (exact) mass is 330 g/mol. The number of nitrogens with one attached hydrogen (secondary N) is 1. The van der Waals surface area contributed by atoms with Crippen LogP contribution >= 0.6 is 11.3 Å². The van der Waals surface area contributed by atoms with Gasteiger partial charge < -0.3 is 10.4 Å². The summed E-state index contributed by atoms with van der Waals surface area (Å²) in [6, 6.07) is 5.19. The lowest BCUT2D eigenvalue weighted by atomic mass is 10.1. The average molecular weight is 330 g/mol. The van der Waals surface area contributed by atoms with E-state index in [0.717, 1.165) is 17.8 Å². The molecule has 2 aromatic rings. The van der Waals surface area contributed by atoms with E-state index in [1.54, 1.807) is 0 Å². The van der Waals surface area contributed by atoms with E-state index in [1.165, 1.54) is 23.5 Å². The highest BCUT2D eigenvalue weighted by Crippen LogP contribution is 2.31. The van der Waals surface area contributed by atoms with Gasteiger partial charge in [-0.05, 0) is 25.5 Å². The average Bonchev–Trinajstić information content (AvgIpc) is 2.93. The largest absolute Gasteiger partial charge is 0.416 e. The molecule has 0 saturated carbocycles. The molecule has 0 bridgehead atoms. The maximum atomic E-state index is 12.5. The normalized spacial score (nSPS) is 13.3. The van der Waals surface area contributed by atoms with Crippen LogP contribution in [0.4, 0.5) is 13.2 Å². The van der Waals surface area contributed by atoms with Crippen molar-refractivity contribution < 1.29 is 18.3 Å². The van der Waals surface area contributed by atoms with Crippen molar-refractivity contribution in [2.24, 2.45) is 0 Å². The van der Waals surface area contributed by atoms with Gasteiger partial charge in [0.1, 0.15) is 5.01 Å². The van der Waals surface area contributed by atoms with Crippen molar-refractivity contribution in [3.8, 4) is 10.6 Å². The van der Waals surface area contributed by atoms with Crippen LogP contribution in [0.5, 0.6) is 0 Å². The Morgan fingerprint density at radius 1 is 1.27 bits per heavy atom. The number of aromatic nitrogens is 1. The van der Waals surface area contributed by atoms with Crippen molar-refractivity contribution in [1.29, 1.82) is 0 Å². The van der Waals surface area contributed by atoms with Crippen molar-refractivity contribution in [3.05, 3.63) is 40.9 Å². The van der Waals surface area contributed by atoms with E-state index >= 15 is 0 Å². The highest BCUT2D eigenvalue weighted by molar-refractivity contribution is 7.13. The maximum Gasteiger partial charge on any atom is 0.416 e. The smallest absolute Gasteiger partial charge is 0.396 e. The fraction of sp³-hybridized carbons (Fsp3) is 0.400. The first-order valence-electron chi connectivity index (χ1n) is 6.86. The predicted octanol–water partition coefficient (Wildman–Crippen LogP) is 3.69. The Labute approximate surface area is 130 Å². The standard InChI is InChI=1S/C15H17F3N2OS/c1-10(6-7-21)19-8-13-9-22-14(20-13)11-2-4-12(5-3-11)15(16,17)18/h2-5,9-10,19,21H,6-8H2,1H3/t10-/m1/s1. The van der Waals surface area contributed by atoms with Crippen LogP contribution in [-0.4, -0.2) is 22.7 Å². The molecule has 22 heavy (non-hydrogen) atoms. The van der Waals surface area contributed by atoms with Crippen LogP contribution in [-0.2, 0) is 12.7 Å². The zero-order chi connectivity index (χ0) is 16.2. The van der Waals surface area contributed by atoms with Gasteiger partial charge in [0.2, 0.25) is 0 Å². The fourth-order valence-corrected chi connectivity index (χ4v) is 2.72. The van der Waals surface area contributed by atoms with Crippen molar-refractivity contribution >= 4 is 11.3 Å². The second-order valence-corrected chi connectivity index (χ2v) is 5.87. The molecular weight excluding hydrogens is 313 g/mol. The summed E-state index contributed by atoms with van der Waals surface area (Å²) in [5, 5.41) is 14.6. The summed E-state index contributed by atoms with van der Waals surface area (Å²) in [5.74, 6) is 0. The molecule has 0 unspecified atom stereocenters. The second-order valence-electron chi connectivity index (χ2n) is 5.01. The Balaban J connectivity index is 2.02. The number of aliphatic hydroxyl groups excluding tert-OH is 1. The van der Waals surface area contributed by atoms with Crippen LogP contribution in [0.3, 0.4) is 0 Å². The summed E-state index contributed by atoms with van der Waals surface area (Å²) in [7, 11) is 0. The Kier molecular flexibility index (Phi) is 5.55. The zero-order valence-electron chi connectivity index (χ0n) is 12.0. The summed E-state index contributed by atoms with van der Waals surface area (Å²) in [5.41, 5.74) is 0.852. The molecule has 0 saturated heterocycles. The highest BCUT2D eigenvalue weighted by Gasteiger charge is 2.30. The molecule has 1 heterocycles. The van der Waals surface area contributed by atoms with Gasteiger partial charge in [-0.25, -0.2) is 4.98 Å². The SMILES string of the molecule is C[C@H](CCO)NCc1csc(-c2ccc(C(F)(F)F)cc2)n1. The predicted molar refractivity (Wildman–Crippen MR) is 80.6 cm³/mol. The lowest BCUT2D eigenvalue weighted by molar-refractivity contribution is -0.137. The minimum Gasteiger partial charge on any atom is -0.396 e. The summed E-state index contributed by atoms with van der Waals surface area (Å²) in [4.78, 5) is 4.42. The Hall–Kier alpha value is -1.44. The first-order chi connectivity index (χ1) is 10.4. The van der Waals surface area contributed by atoms with Gasteiger partial charge in [-0.15, -0.1) is 11.3 Å². The molecule has 1 aromatic carbocycles. The van der Waals surface area contributed by atoms with Gasteiger partial charge >= 0.3 is 6.18 Å². The molecule has 2 rings (SSSR count). The lowest BCUT2D eigenvalue weighted by Crippen LogP contribution is -2.26. The van der Waals surface area contributed by atoms with E-state index in [-0.39, 0.29) is 12.6 Å². The van der Waals surface area contributed by atoms with Crippen molar-refractivity contribution in [2.75, 3.05) is 6.61 Å². The minimum absolute atomic E-state index is 0.127. The number of benzene rings is 1. The van der Waals surface area contributed by atoms with Gasteiger partial charge in [-0.3, -0.25) is 0 Å². The van der Waals surface area contributed by atoms with Gasteiger partial charge in [0, 0.05) is 30.1 Å². The minimum atomic E-state index is -4.32. The van der Waals surface area contributed by atoms with Crippen LogP contribution in [0.25, 0.3) is 10.6 Å². The van der Waals surface area contributed by atoms with Crippen LogP contribution in [0, 0.1) is 0 Å². The summed E-state index contributed by atoms with van der Waals surface area (Å²) >= 11 is 1.40. The number of thiazole rings is 1. The third-order valence-corrected chi connectivity index (χ3v) is 4.14. The first-order valence-corrected chi connectivity index (χ1v) is 7.74. The van der Waals surface area contributed by atoms with E-state index in [4.69, 9.17) is 5.11 Å². The first kappa shape index (κ1) is 16.9. The number of hydrogen-bond donors (Lipinski definition) is 2. The molecule has 0 radical (unpaired) electrons. The van der Waals surface area contributed by atoms with E-state index in [1.807, 2.05) is 12.3 Å². The van der Waals surface area contributed by atoms with Crippen LogP contribution < -0.4 is 5.32 Å². The zero-order valence-corrected chi connectivity index (χ0v) is 12.8. The van der Waals surface area contributed by atoms with E-state index in [2.05, 4.69) is 10.3 Å². The third kappa shape index (κ3) is 4.53. The number of aliphatic hydroxyl groups is 1. The molecule has 0 aliphatic rings. The molecule has 1 atom stereocenters. The molecule has 7 heteroatoms. The topological polar surface area (TPSA) is 45.1 Å². The van der Waals surface area contributed by atoms with E-state index in [0.29, 0.717) is 23.5 Å². The van der Waals surface area contributed by atoms with Crippen LogP contribution in [0.15, 0.2) is 29.6 Å². The Bertz CT molecular complexity index is 596. The summed E-state index contributed by atoms with van der Waals surface area (Å²) in [6.45, 7) is 2.67. The van der Waals surface area contributed by atoms with Crippen LogP contribution in [0.2, 0.25) is 0 Å². The fourth-order valence-electron chi connectivity index (χ4n) is 1.90. The van der Waals surface area contributed by atoms with Gasteiger partial charge in [-0.2, -0.15) is 13.2 Å². The van der Waals surface area contributed by atoms with Gasteiger partial charge in [0.05, 0.1) is 11.3 Å². The Morgan fingerprint density at radius 2 is 1.95 bits per heavy atom. The van der Waals surface area contributed by atoms with E-state index < -0.39 is 11.7 Å². The summed E-state index contributed by atoms with van der Waals surface area (Å²) < 4.78 is 37.6. The molecule has 0 spiro atoms. The molecular formula is C15H17F3N2OS. The number of alkyl halides is 3. The van der Waals surface area contributed by atoms with Gasteiger partial charge in [0.25, 0.3) is 0 Å². The van der Waals surface area contributed by atoms with Crippen LogP contribution in [0.1, 0.15) is 24.6 Å². The molecule has 3 nitrogen and oxygen atoms in total. The highest BCUT2D eigenvalue weighted by atomic mass is 32.1. The summed E-state index contributed by atoms with van der Waals surface area (Å²) in [6.07, 6.45) is -3.66. The quantitative estimate of drug-likeness (QED) is 0.849.